The van der Waals surface area contributed by atoms with E-state index in [1.54, 1.807) is 5.56 Å². The Morgan fingerprint density at radius 3 is 2.70 bits per heavy atom. The fourth-order valence-corrected chi connectivity index (χ4v) is 4.23. The lowest BCUT2D eigenvalue weighted by Crippen LogP contribution is -2.08. The van der Waals surface area contributed by atoms with Crippen molar-refractivity contribution < 1.29 is 5.11 Å². The number of H-pyrrole nitrogens is 1. The molecule has 0 aliphatic heterocycles. The van der Waals surface area contributed by atoms with Gasteiger partial charge in [-0.2, -0.15) is 0 Å². The maximum Gasteiger partial charge on any atom is 0.117 e. The molecule has 2 N–H and O–H groups in total. The van der Waals surface area contributed by atoms with Gasteiger partial charge in [-0.05, 0) is 49.3 Å². The third-order valence-corrected chi connectivity index (χ3v) is 5.45. The summed E-state index contributed by atoms with van der Waals surface area (Å²) in [6.07, 6.45) is 14.8. The van der Waals surface area contributed by atoms with Gasteiger partial charge in [0, 0.05) is 22.7 Å². The van der Waals surface area contributed by atoms with Gasteiger partial charge in [-0.15, -0.1) is 0 Å². The largest absolute Gasteiger partial charge is 0.508 e. The van der Waals surface area contributed by atoms with Gasteiger partial charge in [-0.1, -0.05) is 51.9 Å². The predicted octanol–water partition coefficient (Wildman–Crippen LogP) is 6.43. The standard InChI is InChI=1S/C21H31NO/c1-2-3-4-5-6-7-8-10-16-11-9-12-19-21(16)18-14-13-17(23)15-20(18)22-19/h13-16,22-23H,2-12H2,1H3. The fourth-order valence-electron chi connectivity index (χ4n) is 4.23. The Kier molecular flexibility index (Phi) is 5.64. The summed E-state index contributed by atoms with van der Waals surface area (Å²) in [5, 5.41) is 11.0. The second-order valence-corrected chi connectivity index (χ2v) is 7.25. The molecule has 0 saturated carbocycles. The average Bonchev–Trinajstić information content (AvgIpc) is 2.92. The van der Waals surface area contributed by atoms with E-state index in [2.05, 4.69) is 18.0 Å². The molecule has 2 heteroatoms. The van der Waals surface area contributed by atoms with E-state index in [9.17, 15) is 5.11 Å². The Bertz CT molecular complexity index is 628. The molecule has 1 atom stereocenters. The first-order chi connectivity index (χ1) is 11.3. The van der Waals surface area contributed by atoms with Gasteiger partial charge in [-0.3, -0.25) is 0 Å². The second kappa shape index (κ2) is 7.90. The number of hydrogen-bond donors (Lipinski definition) is 2. The lowest BCUT2D eigenvalue weighted by molar-refractivity contribution is 0.476. The summed E-state index contributed by atoms with van der Waals surface area (Å²) < 4.78 is 0. The number of unbranched alkanes of at least 4 members (excludes halogenated alkanes) is 6. The number of nitrogens with one attached hydrogen (secondary N) is 1. The summed E-state index contributed by atoms with van der Waals surface area (Å²) in [7, 11) is 0. The lowest BCUT2D eigenvalue weighted by Gasteiger charge is -2.23. The van der Waals surface area contributed by atoms with E-state index in [0.29, 0.717) is 11.7 Å². The number of phenols is 1. The zero-order chi connectivity index (χ0) is 16.1. The summed E-state index contributed by atoms with van der Waals surface area (Å²) >= 11 is 0. The number of aromatic amines is 1. The average molecular weight is 313 g/mol. The van der Waals surface area contributed by atoms with Crippen LogP contribution in [0.3, 0.4) is 0 Å². The highest BCUT2D eigenvalue weighted by Gasteiger charge is 2.24. The summed E-state index contributed by atoms with van der Waals surface area (Å²) in [6.45, 7) is 2.28. The molecule has 2 aromatic rings. The minimum atomic E-state index is 0.361. The number of fused-ring (bicyclic) bond motifs is 3. The molecular formula is C21H31NO. The maximum atomic E-state index is 9.70. The van der Waals surface area contributed by atoms with Crippen LogP contribution < -0.4 is 0 Å². The molecule has 0 spiro atoms. The minimum absolute atomic E-state index is 0.361. The summed E-state index contributed by atoms with van der Waals surface area (Å²) in [5.74, 6) is 1.08. The van der Waals surface area contributed by atoms with Gasteiger partial charge < -0.3 is 10.1 Å². The van der Waals surface area contributed by atoms with E-state index < -0.39 is 0 Å². The molecule has 23 heavy (non-hydrogen) atoms. The van der Waals surface area contributed by atoms with Crippen molar-refractivity contribution in [3.8, 4) is 5.75 Å². The Hall–Kier alpha value is -1.44. The van der Waals surface area contributed by atoms with Crippen LogP contribution in [0, 0.1) is 0 Å². The summed E-state index contributed by atoms with van der Waals surface area (Å²) in [6, 6.07) is 5.80. The number of benzene rings is 1. The maximum absolute atomic E-state index is 9.70. The monoisotopic (exact) mass is 313 g/mol. The van der Waals surface area contributed by atoms with E-state index >= 15 is 0 Å². The molecule has 3 rings (SSSR count). The number of rotatable bonds is 8. The zero-order valence-electron chi connectivity index (χ0n) is 14.5. The number of hydrogen-bond acceptors (Lipinski definition) is 1. The molecule has 1 aliphatic carbocycles. The number of aromatic nitrogens is 1. The molecule has 1 aromatic heterocycles. The van der Waals surface area contributed by atoms with Crippen LogP contribution in [0.4, 0.5) is 0 Å². The lowest BCUT2D eigenvalue weighted by atomic mass is 9.82. The zero-order valence-corrected chi connectivity index (χ0v) is 14.5. The van der Waals surface area contributed by atoms with Crippen LogP contribution in [0.25, 0.3) is 10.9 Å². The van der Waals surface area contributed by atoms with Crippen molar-refractivity contribution in [2.24, 2.45) is 0 Å². The van der Waals surface area contributed by atoms with Crippen LogP contribution in [0.1, 0.15) is 88.3 Å². The SMILES string of the molecule is CCCCCCCCCC1CCCc2[nH]c3cc(O)ccc3c21. The van der Waals surface area contributed by atoms with E-state index in [-0.39, 0.29) is 0 Å². The van der Waals surface area contributed by atoms with Gasteiger partial charge >= 0.3 is 0 Å². The van der Waals surface area contributed by atoms with Crippen LogP contribution >= 0.6 is 0 Å². The van der Waals surface area contributed by atoms with Crippen molar-refractivity contribution >= 4 is 10.9 Å². The first kappa shape index (κ1) is 16.4. The minimum Gasteiger partial charge on any atom is -0.508 e. The number of aryl methyl sites for hydroxylation is 1. The highest BCUT2D eigenvalue weighted by molar-refractivity contribution is 5.86. The Morgan fingerprint density at radius 2 is 1.87 bits per heavy atom. The Morgan fingerprint density at radius 1 is 1.09 bits per heavy atom. The quantitative estimate of drug-likeness (QED) is 0.541. The van der Waals surface area contributed by atoms with Crippen LogP contribution in [0.15, 0.2) is 18.2 Å². The number of aromatic hydroxyl groups is 1. The Balaban J connectivity index is 1.59. The highest BCUT2D eigenvalue weighted by Crippen LogP contribution is 2.40. The van der Waals surface area contributed by atoms with Crippen molar-refractivity contribution in [3.05, 3.63) is 29.5 Å². The molecule has 0 fully saturated rings. The topological polar surface area (TPSA) is 36.0 Å². The predicted molar refractivity (Wildman–Crippen MR) is 98.3 cm³/mol. The van der Waals surface area contributed by atoms with E-state index in [1.165, 1.54) is 75.3 Å². The molecule has 1 heterocycles. The molecule has 0 bridgehead atoms. The summed E-state index contributed by atoms with van der Waals surface area (Å²) in [4.78, 5) is 3.55. The van der Waals surface area contributed by atoms with Crippen LogP contribution in [-0.2, 0) is 6.42 Å². The molecule has 0 saturated heterocycles. The van der Waals surface area contributed by atoms with Gasteiger partial charge in [0.1, 0.15) is 5.75 Å². The highest BCUT2D eigenvalue weighted by atomic mass is 16.3. The molecule has 2 nitrogen and oxygen atoms in total. The molecule has 0 radical (unpaired) electrons. The number of phenolic OH excluding ortho intramolecular Hbond substituents is 1. The molecule has 1 aliphatic rings. The van der Waals surface area contributed by atoms with Gasteiger partial charge in [0.15, 0.2) is 0 Å². The van der Waals surface area contributed by atoms with Crippen molar-refractivity contribution in [2.45, 2.75) is 83.5 Å². The van der Waals surface area contributed by atoms with E-state index in [4.69, 9.17) is 0 Å². The van der Waals surface area contributed by atoms with Crippen molar-refractivity contribution in [2.75, 3.05) is 0 Å². The third kappa shape index (κ3) is 3.91. The molecular weight excluding hydrogens is 282 g/mol. The van der Waals surface area contributed by atoms with Crippen LogP contribution in [0.5, 0.6) is 5.75 Å². The van der Waals surface area contributed by atoms with Crippen molar-refractivity contribution in [1.29, 1.82) is 0 Å². The van der Waals surface area contributed by atoms with E-state index in [1.807, 2.05) is 12.1 Å². The third-order valence-electron chi connectivity index (χ3n) is 5.45. The van der Waals surface area contributed by atoms with Gasteiger partial charge in [0.2, 0.25) is 0 Å². The first-order valence-corrected chi connectivity index (χ1v) is 9.63. The first-order valence-electron chi connectivity index (χ1n) is 9.63. The smallest absolute Gasteiger partial charge is 0.117 e. The van der Waals surface area contributed by atoms with Crippen molar-refractivity contribution in [1.82, 2.24) is 4.98 Å². The normalized spacial score (nSPS) is 17.5. The second-order valence-electron chi connectivity index (χ2n) is 7.25. The molecule has 126 valence electrons. The van der Waals surface area contributed by atoms with Gasteiger partial charge in [0.05, 0.1) is 0 Å². The molecule has 0 amide bonds. The van der Waals surface area contributed by atoms with Crippen LogP contribution in [0.2, 0.25) is 0 Å². The molecule has 1 aromatic carbocycles. The van der Waals surface area contributed by atoms with Gasteiger partial charge in [0.25, 0.3) is 0 Å². The summed E-state index contributed by atoms with van der Waals surface area (Å²) in [5.41, 5.74) is 4.09. The Labute approximate surface area is 140 Å². The van der Waals surface area contributed by atoms with Crippen LogP contribution in [-0.4, -0.2) is 10.1 Å². The van der Waals surface area contributed by atoms with Gasteiger partial charge in [-0.25, -0.2) is 0 Å². The fraction of sp³-hybridized carbons (Fsp3) is 0.619. The molecule has 1 unspecified atom stereocenters. The van der Waals surface area contributed by atoms with Crippen molar-refractivity contribution in [3.63, 3.8) is 0 Å². The van der Waals surface area contributed by atoms with E-state index in [0.717, 1.165) is 11.9 Å².